The molecule has 0 atom stereocenters. The molecule has 0 radical (unpaired) electrons. The van der Waals surface area contributed by atoms with Crippen molar-refractivity contribution in [2.75, 3.05) is 23.3 Å². The van der Waals surface area contributed by atoms with E-state index in [1.165, 1.54) is 42.6 Å². The molecule has 4 aromatic rings. The molecule has 210 valence electrons. The van der Waals surface area contributed by atoms with Crippen molar-refractivity contribution in [2.45, 2.75) is 30.6 Å². The molecule has 1 aliphatic rings. The SMILES string of the molecule is CN(c1ccccc1)S(=O)(=O)c1cccc(C(=O)OCC(=O)Nc2sc3c(c2C(=O)c2ccccc2)CCCC3)c1. The summed E-state index contributed by atoms with van der Waals surface area (Å²) in [6.07, 6.45) is 3.61. The normalized spacial score (nSPS) is 12.7. The quantitative estimate of drug-likeness (QED) is 0.205. The summed E-state index contributed by atoms with van der Waals surface area (Å²) in [5.41, 5.74) is 2.47. The first-order valence-electron chi connectivity index (χ1n) is 13.1. The Bertz CT molecular complexity index is 1700. The number of thiophene rings is 1. The van der Waals surface area contributed by atoms with Gasteiger partial charge < -0.3 is 10.1 Å². The van der Waals surface area contributed by atoms with Gasteiger partial charge in [-0.15, -0.1) is 11.3 Å². The van der Waals surface area contributed by atoms with Gasteiger partial charge >= 0.3 is 5.97 Å². The highest BCUT2D eigenvalue weighted by Gasteiger charge is 2.27. The minimum atomic E-state index is -3.94. The molecule has 0 aliphatic heterocycles. The third-order valence-corrected chi connectivity index (χ3v) is 9.86. The minimum Gasteiger partial charge on any atom is -0.452 e. The Labute approximate surface area is 242 Å². The topological polar surface area (TPSA) is 110 Å². The number of ketones is 1. The maximum absolute atomic E-state index is 13.4. The van der Waals surface area contributed by atoms with Crippen LogP contribution in [0.25, 0.3) is 0 Å². The van der Waals surface area contributed by atoms with Gasteiger partial charge in [-0.2, -0.15) is 0 Å². The molecular formula is C31H28N2O6S2. The van der Waals surface area contributed by atoms with E-state index in [9.17, 15) is 22.8 Å². The largest absolute Gasteiger partial charge is 0.452 e. The summed E-state index contributed by atoms with van der Waals surface area (Å²) in [4.78, 5) is 40.0. The molecule has 0 fully saturated rings. The Balaban J connectivity index is 1.29. The smallest absolute Gasteiger partial charge is 0.338 e. The number of amides is 1. The molecular weight excluding hydrogens is 560 g/mol. The zero-order valence-corrected chi connectivity index (χ0v) is 24.0. The van der Waals surface area contributed by atoms with Gasteiger partial charge in [0.2, 0.25) is 0 Å². The monoisotopic (exact) mass is 588 g/mol. The average Bonchev–Trinajstić information content (AvgIpc) is 3.37. The molecule has 41 heavy (non-hydrogen) atoms. The zero-order chi connectivity index (χ0) is 29.0. The van der Waals surface area contributed by atoms with Gasteiger partial charge in [0.25, 0.3) is 15.9 Å². The minimum absolute atomic E-state index is 0.00753. The molecule has 0 saturated carbocycles. The van der Waals surface area contributed by atoms with Gasteiger partial charge in [0.15, 0.2) is 12.4 Å². The van der Waals surface area contributed by atoms with E-state index in [1.807, 2.05) is 6.07 Å². The average molecular weight is 589 g/mol. The molecule has 1 N–H and O–H groups in total. The van der Waals surface area contributed by atoms with E-state index in [0.29, 0.717) is 21.8 Å². The molecule has 0 spiro atoms. The van der Waals surface area contributed by atoms with Crippen LogP contribution in [0.15, 0.2) is 89.8 Å². The Morgan fingerprint density at radius 2 is 1.54 bits per heavy atom. The number of hydrogen-bond donors (Lipinski definition) is 1. The number of para-hydroxylation sites is 1. The third kappa shape index (κ3) is 6.08. The van der Waals surface area contributed by atoms with Crippen LogP contribution in [-0.4, -0.2) is 39.7 Å². The van der Waals surface area contributed by atoms with Gasteiger partial charge in [0.1, 0.15) is 5.00 Å². The summed E-state index contributed by atoms with van der Waals surface area (Å²) < 4.78 is 32.6. The summed E-state index contributed by atoms with van der Waals surface area (Å²) in [6.45, 7) is -0.596. The van der Waals surface area contributed by atoms with E-state index in [-0.39, 0.29) is 16.2 Å². The predicted octanol–water partition coefficient (Wildman–Crippen LogP) is 5.48. The highest BCUT2D eigenvalue weighted by Crippen LogP contribution is 2.39. The molecule has 1 aliphatic carbocycles. The van der Waals surface area contributed by atoms with Gasteiger partial charge in [-0.1, -0.05) is 54.6 Å². The van der Waals surface area contributed by atoms with Crippen LogP contribution in [0, 0.1) is 0 Å². The predicted molar refractivity (Wildman–Crippen MR) is 158 cm³/mol. The number of sulfonamides is 1. The van der Waals surface area contributed by atoms with E-state index >= 15 is 0 Å². The molecule has 5 rings (SSSR count). The second-order valence-corrected chi connectivity index (χ2v) is 12.6. The number of esters is 1. The molecule has 0 unspecified atom stereocenters. The van der Waals surface area contributed by atoms with Crippen molar-refractivity contribution < 1.29 is 27.5 Å². The highest BCUT2D eigenvalue weighted by molar-refractivity contribution is 7.92. The number of carbonyl (C=O) groups excluding carboxylic acids is 3. The van der Waals surface area contributed by atoms with Crippen molar-refractivity contribution in [1.82, 2.24) is 0 Å². The number of carbonyl (C=O) groups is 3. The number of nitrogens with zero attached hydrogens (tertiary/aromatic N) is 1. The fourth-order valence-electron chi connectivity index (χ4n) is 4.72. The van der Waals surface area contributed by atoms with Crippen LogP contribution in [0.5, 0.6) is 0 Å². The fraction of sp³-hybridized carbons (Fsp3) is 0.194. The summed E-state index contributed by atoms with van der Waals surface area (Å²) >= 11 is 1.38. The summed E-state index contributed by atoms with van der Waals surface area (Å²) in [6, 6.07) is 23.0. The van der Waals surface area contributed by atoms with E-state index in [0.717, 1.165) is 40.4 Å². The van der Waals surface area contributed by atoms with Gasteiger partial charge in [-0.3, -0.25) is 13.9 Å². The fourth-order valence-corrected chi connectivity index (χ4v) is 7.27. The van der Waals surface area contributed by atoms with E-state index in [1.54, 1.807) is 54.6 Å². The lowest BCUT2D eigenvalue weighted by atomic mass is 9.92. The first-order chi connectivity index (χ1) is 19.8. The molecule has 0 saturated heterocycles. The third-order valence-electron chi connectivity index (χ3n) is 6.87. The summed E-state index contributed by atoms with van der Waals surface area (Å²) in [5.74, 6) is -1.59. The first kappa shape index (κ1) is 28.3. The lowest BCUT2D eigenvalue weighted by Crippen LogP contribution is -2.26. The Morgan fingerprint density at radius 1 is 0.878 bits per heavy atom. The van der Waals surface area contributed by atoms with E-state index in [4.69, 9.17) is 4.74 Å². The van der Waals surface area contributed by atoms with Gasteiger partial charge in [0, 0.05) is 17.5 Å². The summed E-state index contributed by atoms with van der Waals surface area (Å²) in [5, 5.41) is 3.22. The Morgan fingerprint density at radius 3 is 2.27 bits per heavy atom. The maximum atomic E-state index is 13.4. The van der Waals surface area contributed by atoms with Crippen molar-refractivity contribution in [3.05, 3.63) is 112 Å². The highest BCUT2D eigenvalue weighted by atomic mass is 32.2. The van der Waals surface area contributed by atoms with Crippen LogP contribution < -0.4 is 9.62 Å². The number of nitrogens with one attached hydrogen (secondary N) is 1. The molecule has 1 heterocycles. The molecule has 10 heteroatoms. The van der Waals surface area contributed by atoms with Crippen LogP contribution in [-0.2, 0) is 32.4 Å². The lowest BCUT2D eigenvalue weighted by molar-refractivity contribution is -0.119. The van der Waals surface area contributed by atoms with Crippen LogP contribution >= 0.6 is 11.3 Å². The van der Waals surface area contributed by atoms with Crippen LogP contribution in [0.3, 0.4) is 0 Å². The van der Waals surface area contributed by atoms with Gasteiger partial charge in [-0.05, 0) is 61.6 Å². The number of benzene rings is 3. The first-order valence-corrected chi connectivity index (χ1v) is 15.4. The van der Waals surface area contributed by atoms with Crippen molar-refractivity contribution in [3.63, 3.8) is 0 Å². The molecule has 8 nitrogen and oxygen atoms in total. The zero-order valence-electron chi connectivity index (χ0n) is 22.3. The van der Waals surface area contributed by atoms with Gasteiger partial charge in [0.05, 0.1) is 21.7 Å². The lowest BCUT2D eigenvalue weighted by Gasteiger charge is -2.19. The van der Waals surface area contributed by atoms with Crippen LogP contribution in [0.1, 0.15) is 49.6 Å². The van der Waals surface area contributed by atoms with Gasteiger partial charge in [-0.25, -0.2) is 13.2 Å². The van der Waals surface area contributed by atoms with Crippen molar-refractivity contribution >= 4 is 49.7 Å². The number of hydrogen-bond acceptors (Lipinski definition) is 7. The number of rotatable bonds is 9. The molecule has 1 aromatic heterocycles. The number of ether oxygens (including phenoxy) is 1. The Kier molecular flexibility index (Phi) is 8.32. The van der Waals surface area contributed by atoms with Crippen molar-refractivity contribution in [3.8, 4) is 0 Å². The van der Waals surface area contributed by atoms with E-state index in [2.05, 4.69) is 5.32 Å². The van der Waals surface area contributed by atoms with E-state index < -0.39 is 28.5 Å². The molecule has 0 bridgehead atoms. The number of anilines is 2. The Hall–Kier alpha value is -4.28. The second-order valence-electron chi connectivity index (χ2n) is 9.57. The maximum Gasteiger partial charge on any atom is 0.338 e. The standard InChI is InChI=1S/C31H28N2O6S2/c1-33(23-14-6-3-7-15-23)41(37,38)24-16-10-13-22(19-24)31(36)39-20-27(34)32-30-28(25-17-8-9-18-26(25)40-30)29(35)21-11-4-2-5-12-21/h2-7,10-16,19H,8-9,17-18,20H2,1H3,(H,32,34). The second kappa shape index (κ2) is 12.1. The van der Waals surface area contributed by atoms with Crippen molar-refractivity contribution in [1.29, 1.82) is 0 Å². The molecule has 3 aromatic carbocycles. The summed E-state index contributed by atoms with van der Waals surface area (Å²) in [7, 11) is -2.51. The number of fused-ring (bicyclic) bond motifs is 1. The number of aryl methyl sites for hydroxylation is 1. The van der Waals surface area contributed by atoms with Crippen molar-refractivity contribution in [2.24, 2.45) is 0 Å². The van der Waals surface area contributed by atoms with Crippen LogP contribution in [0.4, 0.5) is 10.7 Å². The van der Waals surface area contributed by atoms with Crippen LogP contribution in [0.2, 0.25) is 0 Å². The molecule has 1 amide bonds.